The molecule has 1 aromatic rings. The Morgan fingerprint density at radius 2 is 1.97 bits per heavy atom. The largest absolute Gasteiger partial charge is 0.459 e. The number of ether oxygens (including phenoxy) is 2. The van der Waals surface area contributed by atoms with Gasteiger partial charge in [-0.05, 0) is 43.2 Å². The maximum absolute atomic E-state index is 14.0. The maximum atomic E-state index is 14.0. The number of benzene rings is 1. The number of allylic oxidation sites excluding steroid dienone is 3. The summed E-state index contributed by atoms with van der Waals surface area (Å²) in [6, 6.07) is 5.13. The van der Waals surface area contributed by atoms with Crippen LogP contribution in [0.25, 0.3) is 0 Å². The van der Waals surface area contributed by atoms with Crippen LogP contribution in [0.3, 0.4) is 0 Å². The zero-order valence-electron chi connectivity index (χ0n) is 19.0. The Hall–Kier alpha value is -2.61. The summed E-state index contributed by atoms with van der Waals surface area (Å²) in [4.78, 5) is 26.5. The highest BCUT2D eigenvalue weighted by Gasteiger charge is 2.46. The molecule has 2 heterocycles. The number of alkyl halides is 3. The molecular weight excluding hydrogens is 435 g/mol. The third-order valence-corrected chi connectivity index (χ3v) is 6.46. The van der Waals surface area contributed by atoms with Crippen LogP contribution in [0.5, 0.6) is 0 Å². The number of hydrogen-bond acceptors (Lipinski definition) is 5. The monoisotopic (exact) mass is 463 g/mol. The van der Waals surface area contributed by atoms with Crippen molar-refractivity contribution in [2.75, 3.05) is 13.2 Å². The van der Waals surface area contributed by atoms with Gasteiger partial charge in [-0.2, -0.15) is 13.2 Å². The summed E-state index contributed by atoms with van der Waals surface area (Å²) in [5.41, 5.74) is -0.0778. The van der Waals surface area contributed by atoms with E-state index in [-0.39, 0.29) is 47.0 Å². The lowest BCUT2D eigenvalue weighted by Crippen LogP contribution is -2.39. The highest BCUT2D eigenvalue weighted by Crippen LogP contribution is 2.49. The van der Waals surface area contributed by atoms with Gasteiger partial charge in [0.1, 0.15) is 6.61 Å². The van der Waals surface area contributed by atoms with Crippen LogP contribution in [0, 0.1) is 5.41 Å². The number of nitrogens with one attached hydrogen (secondary N) is 1. The van der Waals surface area contributed by atoms with Crippen molar-refractivity contribution in [3.63, 3.8) is 0 Å². The van der Waals surface area contributed by atoms with Crippen molar-refractivity contribution in [3.8, 4) is 0 Å². The van der Waals surface area contributed by atoms with Gasteiger partial charge < -0.3 is 14.8 Å². The van der Waals surface area contributed by atoms with Crippen molar-refractivity contribution < 1.29 is 32.2 Å². The average molecular weight is 463 g/mol. The number of dihydropyridines is 1. The Kier molecular flexibility index (Phi) is 6.16. The number of esters is 1. The lowest BCUT2D eigenvalue weighted by Gasteiger charge is -2.40. The molecule has 2 atom stereocenters. The van der Waals surface area contributed by atoms with Gasteiger partial charge in [0, 0.05) is 35.9 Å². The number of rotatable bonds is 4. The molecule has 1 aliphatic carbocycles. The van der Waals surface area contributed by atoms with Crippen molar-refractivity contribution in [1.82, 2.24) is 5.32 Å². The molecular formula is C25H28F3NO4. The quantitative estimate of drug-likeness (QED) is 0.635. The Bertz CT molecular complexity index is 1030. The number of halogens is 3. The van der Waals surface area contributed by atoms with Crippen molar-refractivity contribution >= 4 is 11.8 Å². The fraction of sp³-hybridized carbons (Fsp3) is 0.520. The molecule has 1 aromatic carbocycles. The first kappa shape index (κ1) is 23.5. The van der Waals surface area contributed by atoms with Crippen LogP contribution in [0.2, 0.25) is 0 Å². The number of ketones is 1. The molecule has 33 heavy (non-hydrogen) atoms. The number of carbonyl (C=O) groups excluding carboxylic acids is 2. The van der Waals surface area contributed by atoms with Gasteiger partial charge in [-0.3, -0.25) is 4.79 Å². The Balaban J connectivity index is 1.81. The fourth-order valence-electron chi connectivity index (χ4n) is 5.05. The predicted molar refractivity (Wildman–Crippen MR) is 115 cm³/mol. The Labute approximate surface area is 191 Å². The first-order valence-electron chi connectivity index (χ1n) is 11.2. The molecule has 0 spiro atoms. The van der Waals surface area contributed by atoms with Crippen molar-refractivity contribution in [2.45, 2.75) is 64.7 Å². The minimum atomic E-state index is -4.64. The highest BCUT2D eigenvalue weighted by atomic mass is 19.4. The Morgan fingerprint density at radius 1 is 1.24 bits per heavy atom. The van der Waals surface area contributed by atoms with E-state index in [0.29, 0.717) is 24.4 Å². The van der Waals surface area contributed by atoms with Crippen LogP contribution in [-0.4, -0.2) is 31.1 Å². The van der Waals surface area contributed by atoms with E-state index in [1.165, 1.54) is 18.2 Å². The summed E-state index contributed by atoms with van der Waals surface area (Å²) in [5, 5.41) is 3.15. The van der Waals surface area contributed by atoms with Crippen LogP contribution in [0.4, 0.5) is 13.2 Å². The zero-order valence-corrected chi connectivity index (χ0v) is 19.0. The van der Waals surface area contributed by atoms with Crippen molar-refractivity contribution in [3.05, 3.63) is 57.9 Å². The molecule has 0 amide bonds. The number of hydrogen-bond donors (Lipinski definition) is 1. The molecule has 1 saturated heterocycles. The molecule has 3 aliphatic rings. The van der Waals surface area contributed by atoms with Gasteiger partial charge in [-0.25, -0.2) is 4.79 Å². The summed E-state index contributed by atoms with van der Waals surface area (Å²) in [7, 11) is 0. The second kappa shape index (κ2) is 8.63. The lowest BCUT2D eigenvalue weighted by molar-refractivity contribution is -0.143. The molecule has 1 N–H and O–H groups in total. The third-order valence-electron chi connectivity index (χ3n) is 6.46. The van der Waals surface area contributed by atoms with E-state index in [4.69, 9.17) is 9.47 Å². The van der Waals surface area contributed by atoms with E-state index >= 15 is 0 Å². The first-order chi connectivity index (χ1) is 15.5. The van der Waals surface area contributed by atoms with Crippen molar-refractivity contribution in [2.24, 2.45) is 5.41 Å². The van der Waals surface area contributed by atoms with Gasteiger partial charge in [0.05, 0.1) is 17.2 Å². The van der Waals surface area contributed by atoms with E-state index < -0.39 is 23.6 Å². The molecule has 2 aliphatic heterocycles. The zero-order chi connectivity index (χ0) is 24.0. The topological polar surface area (TPSA) is 64.6 Å². The van der Waals surface area contributed by atoms with Crippen LogP contribution in [-0.2, 0) is 25.2 Å². The highest BCUT2D eigenvalue weighted by molar-refractivity contribution is 6.04. The van der Waals surface area contributed by atoms with E-state index in [2.05, 4.69) is 5.32 Å². The van der Waals surface area contributed by atoms with Crippen LogP contribution in [0.1, 0.15) is 63.5 Å². The summed E-state index contributed by atoms with van der Waals surface area (Å²) >= 11 is 0. The minimum absolute atomic E-state index is 0.0239. The van der Waals surface area contributed by atoms with E-state index in [1.54, 1.807) is 6.92 Å². The average Bonchev–Trinajstić information content (AvgIpc) is 3.23. The Morgan fingerprint density at radius 3 is 2.64 bits per heavy atom. The van der Waals surface area contributed by atoms with Gasteiger partial charge in [-0.15, -0.1) is 0 Å². The fourth-order valence-corrected chi connectivity index (χ4v) is 5.05. The van der Waals surface area contributed by atoms with Gasteiger partial charge in [0.15, 0.2) is 5.78 Å². The molecule has 0 aromatic heterocycles. The number of carbonyl (C=O) groups is 2. The molecule has 0 unspecified atom stereocenters. The minimum Gasteiger partial charge on any atom is -0.459 e. The van der Waals surface area contributed by atoms with Gasteiger partial charge in [-0.1, -0.05) is 32.0 Å². The van der Waals surface area contributed by atoms with Crippen molar-refractivity contribution in [1.29, 1.82) is 0 Å². The van der Waals surface area contributed by atoms with E-state index in [9.17, 15) is 22.8 Å². The lowest BCUT2D eigenvalue weighted by atomic mass is 9.68. The third kappa shape index (κ3) is 4.71. The summed E-state index contributed by atoms with van der Waals surface area (Å²) in [5.74, 6) is -2.14. The summed E-state index contributed by atoms with van der Waals surface area (Å²) < 4.78 is 52.9. The number of Topliss-reactive ketones (excluding diaryl/α,β-unsaturated/α-hetero) is 1. The summed E-state index contributed by atoms with van der Waals surface area (Å²) in [6.45, 7) is 6.14. The van der Waals surface area contributed by atoms with E-state index in [1.807, 2.05) is 13.8 Å². The SMILES string of the molecule is CC1=C(C(=O)OC[C@H]2CCCO2)[C@H](c2ccccc2C(F)(F)F)C2=C(CC(C)(C)CC2=O)N1. The first-order valence-corrected chi connectivity index (χ1v) is 11.2. The maximum Gasteiger partial charge on any atom is 0.416 e. The molecule has 1 fully saturated rings. The molecule has 8 heteroatoms. The van der Waals surface area contributed by atoms with E-state index in [0.717, 1.165) is 18.9 Å². The van der Waals surface area contributed by atoms with Gasteiger partial charge in [0.2, 0.25) is 0 Å². The van der Waals surface area contributed by atoms with Crippen LogP contribution in [0.15, 0.2) is 46.8 Å². The molecule has 5 nitrogen and oxygen atoms in total. The molecule has 0 radical (unpaired) electrons. The van der Waals surface area contributed by atoms with Crippen LogP contribution < -0.4 is 5.32 Å². The molecule has 4 rings (SSSR count). The smallest absolute Gasteiger partial charge is 0.416 e. The molecule has 0 saturated carbocycles. The predicted octanol–water partition coefficient (Wildman–Crippen LogP) is 5.03. The normalized spacial score (nSPS) is 25.1. The van der Waals surface area contributed by atoms with Crippen LogP contribution >= 0.6 is 0 Å². The summed E-state index contributed by atoms with van der Waals surface area (Å²) in [6.07, 6.45) is -2.55. The van der Waals surface area contributed by atoms with Gasteiger partial charge in [0.25, 0.3) is 0 Å². The molecule has 0 bridgehead atoms. The van der Waals surface area contributed by atoms with Gasteiger partial charge >= 0.3 is 12.1 Å². The second-order valence-corrected chi connectivity index (χ2v) is 9.75. The standard InChI is InChI=1S/C25H28F3NO4/c1-14-20(23(31)33-13-15-7-6-10-32-15)21(16-8-4-5-9-17(16)25(26,27)28)22-18(29-14)11-24(2,3)12-19(22)30/h4-5,8-9,15,21,29H,6-7,10-13H2,1-3H3/t15-,21+/m1/s1. The molecule has 178 valence electrons. The second-order valence-electron chi connectivity index (χ2n) is 9.75.